The Hall–Kier alpha value is -3.39. The van der Waals surface area contributed by atoms with Crippen molar-refractivity contribution in [2.75, 3.05) is 40.3 Å². The van der Waals surface area contributed by atoms with E-state index >= 15 is 0 Å². The van der Waals surface area contributed by atoms with Gasteiger partial charge in [0.25, 0.3) is 0 Å². The van der Waals surface area contributed by atoms with Gasteiger partial charge in [0.2, 0.25) is 5.91 Å². The summed E-state index contributed by atoms with van der Waals surface area (Å²) in [5, 5.41) is 11.9. The number of benzene rings is 2. The van der Waals surface area contributed by atoms with E-state index in [0.29, 0.717) is 13.1 Å². The van der Waals surface area contributed by atoms with Crippen molar-refractivity contribution >= 4 is 18.0 Å². The summed E-state index contributed by atoms with van der Waals surface area (Å²) in [6.45, 7) is 4.07. The van der Waals surface area contributed by atoms with E-state index in [9.17, 15) is 14.4 Å². The first-order valence-corrected chi connectivity index (χ1v) is 11.3. The lowest BCUT2D eigenvalue weighted by Crippen LogP contribution is -2.49. The molecule has 8 nitrogen and oxygen atoms in total. The second-order valence-electron chi connectivity index (χ2n) is 9.52. The molecule has 0 bridgehead atoms. The lowest BCUT2D eigenvalue weighted by atomic mass is 9.98. The summed E-state index contributed by atoms with van der Waals surface area (Å²) in [4.78, 5) is 39.8. The minimum Gasteiger partial charge on any atom is -0.480 e. The number of amides is 2. The Balaban J connectivity index is 1.60. The molecule has 0 atom stereocenters. The van der Waals surface area contributed by atoms with E-state index in [1.54, 1.807) is 13.8 Å². The number of likely N-dealkylation sites (N-methyl/N-ethyl adjacent to an activating group) is 1. The van der Waals surface area contributed by atoms with Crippen molar-refractivity contribution in [1.29, 1.82) is 0 Å². The molecule has 0 heterocycles. The van der Waals surface area contributed by atoms with Crippen LogP contribution in [0.5, 0.6) is 0 Å². The molecule has 0 aliphatic heterocycles. The maximum absolute atomic E-state index is 12.8. The molecular weight excluding hydrogens is 434 g/mol. The molecule has 34 heavy (non-hydrogen) atoms. The monoisotopic (exact) mass is 467 g/mol. The molecule has 0 fully saturated rings. The first-order valence-electron chi connectivity index (χ1n) is 11.3. The van der Waals surface area contributed by atoms with E-state index in [0.717, 1.165) is 22.3 Å². The minimum absolute atomic E-state index is 0.0437. The van der Waals surface area contributed by atoms with Gasteiger partial charge in [0, 0.05) is 31.0 Å². The zero-order valence-corrected chi connectivity index (χ0v) is 20.2. The smallest absolute Gasteiger partial charge is 0.407 e. The van der Waals surface area contributed by atoms with Gasteiger partial charge in [0.05, 0.1) is 0 Å². The second-order valence-corrected chi connectivity index (χ2v) is 9.52. The van der Waals surface area contributed by atoms with Gasteiger partial charge in [0.15, 0.2) is 0 Å². The van der Waals surface area contributed by atoms with Crippen molar-refractivity contribution in [1.82, 2.24) is 15.1 Å². The number of aliphatic carboxylic acids is 1. The molecule has 1 aliphatic carbocycles. The van der Waals surface area contributed by atoms with E-state index in [4.69, 9.17) is 9.84 Å². The molecule has 0 unspecified atom stereocenters. The predicted molar refractivity (Wildman–Crippen MR) is 130 cm³/mol. The van der Waals surface area contributed by atoms with E-state index < -0.39 is 17.6 Å². The van der Waals surface area contributed by atoms with Crippen LogP contribution in [0.15, 0.2) is 48.5 Å². The largest absolute Gasteiger partial charge is 0.480 e. The third-order valence-electron chi connectivity index (χ3n) is 5.87. The Morgan fingerprint density at radius 2 is 1.53 bits per heavy atom. The molecule has 0 radical (unpaired) electrons. The number of carbonyl (C=O) groups is 3. The van der Waals surface area contributed by atoms with Crippen LogP contribution in [0, 0.1) is 0 Å². The number of carboxylic acids is 1. The van der Waals surface area contributed by atoms with Crippen LogP contribution in [0.2, 0.25) is 0 Å². The van der Waals surface area contributed by atoms with Gasteiger partial charge >= 0.3 is 12.1 Å². The predicted octanol–water partition coefficient (Wildman–Crippen LogP) is 3.17. The highest BCUT2D eigenvalue weighted by Crippen LogP contribution is 2.44. The number of hydrogen-bond donors (Lipinski definition) is 2. The van der Waals surface area contributed by atoms with Crippen LogP contribution >= 0.6 is 0 Å². The number of hydrogen-bond acceptors (Lipinski definition) is 5. The lowest BCUT2D eigenvalue weighted by Gasteiger charge is -2.29. The van der Waals surface area contributed by atoms with Crippen molar-refractivity contribution in [2.45, 2.75) is 31.7 Å². The molecular formula is C26H33N3O5. The quantitative estimate of drug-likeness (QED) is 0.557. The van der Waals surface area contributed by atoms with Crippen molar-refractivity contribution in [3.63, 3.8) is 0 Å². The molecule has 2 amide bonds. The third kappa shape index (κ3) is 6.35. The fraction of sp³-hybridized carbons (Fsp3) is 0.423. The summed E-state index contributed by atoms with van der Waals surface area (Å²) < 4.78 is 5.59. The molecule has 2 N–H and O–H groups in total. The second kappa shape index (κ2) is 10.7. The Labute approximate surface area is 200 Å². The molecule has 0 spiro atoms. The number of nitrogens with zero attached hydrogens (tertiary/aromatic N) is 2. The van der Waals surface area contributed by atoms with Crippen molar-refractivity contribution in [2.24, 2.45) is 0 Å². The fourth-order valence-electron chi connectivity index (χ4n) is 4.22. The molecule has 8 heteroatoms. The highest BCUT2D eigenvalue weighted by Gasteiger charge is 2.31. The number of ether oxygens (including phenoxy) is 1. The molecule has 1 aliphatic rings. The van der Waals surface area contributed by atoms with Crippen molar-refractivity contribution in [3.8, 4) is 11.1 Å². The molecule has 0 saturated carbocycles. The van der Waals surface area contributed by atoms with Gasteiger partial charge in [0.1, 0.15) is 13.2 Å². The van der Waals surface area contributed by atoms with Gasteiger partial charge in [-0.05, 0) is 50.2 Å². The van der Waals surface area contributed by atoms with Crippen LogP contribution in [0.1, 0.15) is 37.3 Å². The first kappa shape index (κ1) is 25.2. The molecule has 0 saturated heterocycles. The highest BCUT2D eigenvalue weighted by atomic mass is 16.5. The van der Waals surface area contributed by atoms with Crippen LogP contribution in [0.4, 0.5) is 4.79 Å². The van der Waals surface area contributed by atoms with Gasteiger partial charge < -0.3 is 25.0 Å². The zero-order valence-electron chi connectivity index (χ0n) is 20.2. The van der Waals surface area contributed by atoms with E-state index in [1.807, 2.05) is 43.3 Å². The fourth-order valence-corrected chi connectivity index (χ4v) is 4.22. The van der Waals surface area contributed by atoms with Gasteiger partial charge in [-0.25, -0.2) is 4.79 Å². The summed E-state index contributed by atoms with van der Waals surface area (Å²) >= 11 is 0. The van der Waals surface area contributed by atoms with E-state index in [-0.39, 0.29) is 31.4 Å². The normalized spacial score (nSPS) is 12.7. The molecule has 0 aromatic heterocycles. The average molecular weight is 468 g/mol. The number of carboxylic acid groups (broad SMARTS) is 1. The van der Waals surface area contributed by atoms with Crippen molar-refractivity contribution in [3.05, 3.63) is 59.7 Å². The summed E-state index contributed by atoms with van der Waals surface area (Å²) in [6, 6.07) is 16.2. The van der Waals surface area contributed by atoms with Gasteiger partial charge in [-0.15, -0.1) is 0 Å². The number of alkyl carbamates (subject to hydrolysis) is 1. The average Bonchev–Trinajstić information content (AvgIpc) is 3.08. The number of rotatable bonds is 10. The Morgan fingerprint density at radius 1 is 0.971 bits per heavy atom. The van der Waals surface area contributed by atoms with E-state index in [2.05, 4.69) is 29.6 Å². The number of nitrogens with one attached hydrogen (secondary N) is 1. The zero-order chi connectivity index (χ0) is 24.9. The summed E-state index contributed by atoms with van der Waals surface area (Å²) in [7, 11) is 3.71. The van der Waals surface area contributed by atoms with Crippen LogP contribution in [-0.4, -0.2) is 78.8 Å². The van der Waals surface area contributed by atoms with Gasteiger partial charge in [-0.3, -0.25) is 9.59 Å². The first-order chi connectivity index (χ1) is 16.1. The third-order valence-corrected chi connectivity index (χ3v) is 5.87. The topological polar surface area (TPSA) is 99.2 Å². The maximum Gasteiger partial charge on any atom is 0.407 e. The molecule has 2 aromatic rings. The van der Waals surface area contributed by atoms with Crippen LogP contribution in [-0.2, 0) is 14.3 Å². The Kier molecular flexibility index (Phi) is 7.94. The molecule has 2 aromatic carbocycles. The van der Waals surface area contributed by atoms with Crippen LogP contribution < -0.4 is 5.32 Å². The summed E-state index contributed by atoms with van der Waals surface area (Å²) in [6.07, 6.45) is -0.657. The summed E-state index contributed by atoms with van der Waals surface area (Å²) in [5.41, 5.74) is 3.63. The number of fused-ring (bicyclic) bond motifs is 3. The van der Waals surface area contributed by atoms with E-state index in [1.165, 1.54) is 4.90 Å². The number of carbonyl (C=O) groups excluding carboxylic acids is 2. The maximum atomic E-state index is 12.8. The van der Waals surface area contributed by atoms with Gasteiger partial charge in [-0.2, -0.15) is 0 Å². The summed E-state index contributed by atoms with van der Waals surface area (Å²) in [5.74, 6) is -1.47. The lowest BCUT2D eigenvalue weighted by molar-refractivity contribution is -0.145. The van der Waals surface area contributed by atoms with Crippen LogP contribution in [0.25, 0.3) is 11.1 Å². The Morgan fingerprint density at radius 3 is 2.06 bits per heavy atom. The highest BCUT2D eigenvalue weighted by molar-refractivity contribution is 5.83. The minimum atomic E-state index is -1.07. The molecule has 182 valence electrons. The SMILES string of the molecule is CN(C)CCN(CC(=O)O)C(=O)CC(C)(C)NC(=O)OCC1c2ccccc2-c2ccccc21. The molecule has 3 rings (SSSR count). The van der Waals surface area contributed by atoms with Crippen LogP contribution in [0.3, 0.4) is 0 Å². The van der Waals surface area contributed by atoms with Gasteiger partial charge in [-0.1, -0.05) is 48.5 Å². The van der Waals surface area contributed by atoms with Crippen molar-refractivity contribution < 1.29 is 24.2 Å². The standard InChI is InChI=1S/C26H33N3O5/c1-26(2,15-23(30)29(16-24(31)32)14-13-28(3)4)27-25(33)34-17-22-20-11-7-5-9-18(20)19-10-6-8-12-21(19)22/h5-12,22H,13-17H2,1-4H3,(H,27,33)(H,31,32). The Bertz CT molecular complexity index is 1000.